The maximum atomic E-state index is 13.2. The molecule has 1 aliphatic rings. The Balaban J connectivity index is 1.81. The van der Waals surface area contributed by atoms with E-state index in [0.29, 0.717) is 38.7 Å². The maximum Gasteiger partial charge on any atom is 0.262 e. The fraction of sp³-hybridized carbons (Fsp3) is 0.227. The highest BCUT2D eigenvalue weighted by atomic mass is 35.5. The molecule has 1 aliphatic heterocycles. The minimum atomic E-state index is -3.93. The van der Waals surface area contributed by atoms with Gasteiger partial charge in [0.1, 0.15) is 5.82 Å². The Hall–Kier alpha value is -3.17. The smallest absolute Gasteiger partial charge is 0.262 e. The Morgan fingerprint density at radius 2 is 1.78 bits per heavy atom. The van der Waals surface area contributed by atoms with Gasteiger partial charge in [0.2, 0.25) is 11.8 Å². The molecule has 8 nitrogen and oxygen atoms in total. The number of sulfonamides is 1. The number of hydrogen-bond donors (Lipinski definition) is 2. The van der Waals surface area contributed by atoms with Gasteiger partial charge in [0.15, 0.2) is 0 Å². The lowest BCUT2D eigenvalue weighted by Crippen LogP contribution is -2.15. The minimum Gasteiger partial charge on any atom is -0.310 e. The number of fused-ring (bicyclic) bond motifs is 1. The van der Waals surface area contributed by atoms with Crippen LogP contribution in [0.2, 0.25) is 5.02 Å². The predicted octanol–water partition coefficient (Wildman–Crippen LogP) is 4.30. The molecule has 2 N–H and O–H groups in total. The molecule has 32 heavy (non-hydrogen) atoms. The zero-order valence-corrected chi connectivity index (χ0v) is 19.3. The van der Waals surface area contributed by atoms with Crippen LogP contribution in [0.1, 0.15) is 34.5 Å². The number of aryl methyl sites for hydroxylation is 3. The number of rotatable bonds is 4. The molecule has 10 heteroatoms. The number of anilines is 2. The van der Waals surface area contributed by atoms with Gasteiger partial charge in [0.25, 0.3) is 10.0 Å². The van der Waals surface area contributed by atoms with E-state index >= 15 is 0 Å². The maximum absolute atomic E-state index is 13.2. The molecule has 0 radical (unpaired) electrons. The van der Waals surface area contributed by atoms with Crippen molar-refractivity contribution in [1.29, 1.82) is 0 Å². The van der Waals surface area contributed by atoms with Crippen molar-refractivity contribution in [3.63, 3.8) is 0 Å². The zero-order chi connectivity index (χ0) is 23.2. The van der Waals surface area contributed by atoms with Crippen molar-refractivity contribution in [2.24, 2.45) is 0 Å². The lowest BCUT2D eigenvalue weighted by atomic mass is 10.0. The van der Waals surface area contributed by atoms with Crippen molar-refractivity contribution in [2.45, 2.75) is 38.5 Å². The van der Waals surface area contributed by atoms with Gasteiger partial charge in [-0.1, -0.05) is 23.7 Å². The third kappa shape index (κ3) is 4.01. The van der Waals surface area contributed by atoms with Gasteiger partial charge in [0, 0.05) is 23.4 Å². The summed E-state index contributed by atoms with van der Waals surface area (Å²) in [6.45, 7) is 5.17. The van der Waals surface area contributed by atoms with Gasteiger partial charge < -0.3 is 5.32 Å². The summed E-state index contributed by atoms with van der Waals surface area (Å²) in [4.78, 5) is 24.6. The van der Waals surface area contributed by atoms with Gasteiger partial charge in [-0.2, -0.15) is 9.78 Å². The fourth-order valence-corrected chi connectivity index (χ4v) is 5.31. The van der Waals surface area contributed by atoms with E-state index in [2.05, 4.69) is 15.1 Å². The fourth-order valence-electron chi connectivity index (χ4n) is 3.68. The number of carbonyl (C=O) groups excluding carboxylic acids is 2. The second kappa shape index (κ2) is 8.07. The summed E-state index contributed by atoms with van der Waals surface area (Å²) < 4.78 is 30.2. The molecule has 0 unspecified atom stereocenters. The van der Waals surface area contributed by atoms with Crippen LogP contribution in [-0.4, -0.2) is 30.0 Å². The molecule has 2 aromatic carbocycles. The summed E-state index contributed by atoms with van der Waals surface area (Å²) in [7, 11) is -3.93. The molecule has 0 spiro atoms. The summed E-state index contributed by atoms with van der Waals surface area (Å²) >= 11 is 5.97. The highest BCUT2D eigenvalue weighted by Crippen LogP contribution is 2.35. The van der Waals surface area contributed by atoms with E-state index in [0.717, 1.165) is 0 Å². The van der Waals surface area contributed by atoms with Crippen molar-refractivity contribution in [2.75, 3.05) is 10.0 Å². The quantitative estimate of drug-likeness (QED) is 0.588. The van der Waals surface area contributed by atoms with Crippen LogP contribution in [0.3, 0.4) is 0 Å². The van der Waals surface area contributed by atoms with Gasteiger partial charge in [-0.05, 0) is 61.7 Å². The standard InChI is InChI=1S/C22H21ClN4O4S/c1-12-4-5-15(21-14(3)25-27-20(29)9-8-19(28)24-22(21)27)11-18(12)32(30,31)26-17-7-6-16(23)10-13(17)2/h4-7,10-11,26H,8-9H2,1-3H3,(H,24,28). The summed E-state index contributed by atoms with van der Waals surface area (Å²) in [5, 5.41) is 7.52. The average molecular weight is 473 g/mol. The first kappa shape index (κ1) is 22.0. The number of amides is 1. The average Bonchev–Trinajstić information content (AvgIpc) is 2.97. The Kier molecular flexibility index (Phi) is 5.56. The summed E-state index contributed by atoms with van der Waals surface area (Å²) in [6, 6.07) is 9.85. The van der Waals surface area contributed by atoms with Crippen molar-refractivity contribution >= 4 is 44.9 Å². The summed E-state index contributed by atoms with van der Waals surface area (Å²) in [6.07, 6.45) is 0.121. The first-order valence-electron chi connectivity index (χ1n) is 9.89. The second-order valence-electron chi connectivity index (χ2n) is 7.71. The van der Waals surface area contributed by atoms with Crippen LogP contribution in [0, 0.1) is 20.8 Å². The lowest BCUT2D eigenvalue weighted by Gasteiger charge is -2.14. The lowest BCUT2D eigenvalue weighted by molar-refractivity contribution is -0.116. The van der Waals surface area contributed by atoms with E-state index in [-0.39, 0.29) is 35.4 Å². The topological polar surface area (TPSA) is 110 Å². The first-order chi connectivity index (χ1) is 15.1. The van der Waals surface area contributed by atoms with Gasteiger partial charge in [-0.3, -0.25) is 14.3 Å². The molecule has 1 aromatic heterocycles. The largest absolute Gasteiger partial charge is 0.310 e. The van der Waals surface area contributed by atoms with E-state index in [1.54, 1.807) is 51.1 Å². The zero-order valence-electron chi connectivity index (χ0n) is 17.7. The molecule has 1 amide bonds. The molecular formula is C22H21ClN4O4S. The van der Waals surface area contributed by atoms with Crippen LogP contribution in [0.15, 0.2) is 41.3 Å². The number of carbonyl (C=O) groups is 2. The number of hydrogen-bond acceptors (Lipinski definition) is 5. The molecule has 0 fully saturated rings. The van der Waals surface area contributed by atoms with E-state index in [1.165, 1.54) is 10.7 Å². The van der Waals surface area contributed by atoms with E-state index < -0.39 is 10.0 Å². The second-order valence-corrected chi connectivity index (χ2v) is 9.80. The molecular weight excluding hydrogens is 452 g/mol. The molecule has 0 aliphatic carbocycles. The van der Waals surface area contributed by atoms with Crippen LogP contribution in [0.4, 0.5) is 11.5 Å². The van der Waals surface area contributed by atoms with Crippen molar-refractivity contribution in [1.82, 2.24) is 9.78 Å². The minimum absolute atomic E-state index is 0.0529. The SMILES string of the molecule is Cc1cc(Cl)ccc1NS(=O)(=O)c1cc(-c2c(C)nn3c2NC(=O)CCC3=O)ccc1C. The predicted molar refractivity (Wildman–Crippen MR) is 123 cm³/mol. The normalized spacial score (nSPS) is 14.0. The summed E-state index contributed by atoms with van der Waals surface area (Å²) in [5.41, 5.74) is 3.19. The monoisotopic (exact) mass is 472 g/mol. The molecule has 0 saturated carbocycles. The summed E-state index contributed by atoms with van der Waals surface area (Å²) in [5.74, 6) is -0.339. The van der Waals surface area contributed by atoms with Crippen LogP contribution in [0.25, 0.3) is 11.1 Å². The Morgan fingerprint density at radius 3 is 2.50 bits per heavy atom. The van der Waals surface area contributed by atoms with Crippen LogP contribution in [0.5, 0.6) is 0 Å². The number of nitrogens with one attached hydrogen (secondary N) is 2. The Labute approximate surface area is 190 Å². The Bertz CT molecular complexity index is 1380. The highest BCUT2D eigenvalue weighted by Gasteiger charge is 2.27. The third-order valence-corrected chi connectivity index (χ3v) is 7.06. The molecule has 3 aromatic rings. The number of aromatic nitrogens is 2. The highest BCUT2D eigenvalue weighted by molar-refractivity contribution is 7.92. The van der Waals surface area contributed by atoms with E-state index in [9.17, 15) is 18.0 Å². The molecule has 166 valence electrons. The van der Waals surface area contributed by atoms with Gasteiger partial charge >= 0.3 is 0 Å². The first-order valence-corrected chi connectivity index (χ1v) is 11.8. The molecule has 2 heterocycles. The molecule has 0 saturated heterocycles. The Morgan fingerprint density at radius 1 is 1.03 bits per heavy atom. The van der Waals surface area contributed by atoms with Gasteiger partial charge in [0.05, 0.1) is 16.3 Å². The van der Waals surface area contributed by atoms with Crippen LogP contribution in [-0.2, 0) is 14.8 Å². The number of halogens is 1. The van der Waals surface area contributed by atoms with Crippen LogP contribution >= 0.6 is 11.6 Å². The van der Waals surface area contributed by atoms with Crippen LogP contribution < -0.4 is 10.0 Å². The van der Waals surface area contributed by atoms with Crippen molar-refractivity contribution in [3.05, 3.63) is 58.2 Å². The van der Waals surface area contributed by atoms with Crippen molar-refractivity contribution in [3.8, 4) is 11.1 Å². The van der Waals surface area contributed by atoms with Crippen molar-refractivity contribution < 1.29 is 18.0 Å². The number of nitrogens with zero attached hydrogens (tertiary/aromatic N) is 2. The van der Waals surface area contributed by atoms with Gasteiger partial charge in [-0.25, -0.2) is 8.42 Å². The molecule has 0 atom stereocenters. The van der Waals surface area contributed by atoms with Gasteiger partial charge in [-0.15, -0.1) is 0 Å². The third-order valence-electron chi connectivity index (χ3n) is 5.32. The van der Waals surface area contributed by atoms with E-state index in [1.807, 2.05) is 0 Å². The van der Waals surface area contributed by atoms with E-state index in [4.69, 9.17) is 11.6 Å². The number of benzene rings is 2. The molecule has 0 bridgehead atoms. The molecule has 4 rings (SSSR count).